The first kappa shape index (κ1) is 15.6. The minimum absolute atomic E-state index is 0.121. The Labute approximate surface area is 140 Å². The minimum atomic E-state index is -0.121. The van der Waals surface area contributed by atoms with Crippen molar-refractivity contribution in [3.63, 3.8) is 0 Å². The van der Waals surface area contributed by atoms with E-state index in [1.54, 1.807) is 0 Å². The monoisotopic (exact) mass is 315 g/mol. The van der Waals surface area contributed by atoms with Crippen molar-refractivity contribution in [1.82, 2.24) is 0 Å². The molecule has 0 saturated heterocycles. The van der Waals surface area contributed by atoms with Crippen molar-refractivity contribution in [1.29, 1.82) is 0 Å². The van der Waals surface area contributed by atoms with Gasteiger partial charge >= 0.3 is 0 Å². The number of nitrogens with one attached hydrogen (secondary N) is 1. The number of carbonyl (C=O) groups is 1. The van der Waals surface area contributed by atoms with Gasteiger partial charge in [-0.2, -0.15) is 5.11 Å². The molecule has 1 amide bonds. The zero-order valence-electron chi connectivity index (χ0n) is 13.3. The summed E-state index contributed by atoms with van der Waals surface area (Å²) in [5.74, 6) is -0.121. The molecule has 0 heterocycles. The van der Waals surface area contributed by atoms with Gasteiger partial charge < -0.3 is 5.32 Å². The fourth-order valence-corrected chi connectivity index (χ4v) is 2.43. The second kappa shape index (κ2) is 7.33. The zero-order chi connectivity index (χ0) is 16.8. The van der Waals surface area contributed by atoms with Gasteiger partial charge in [-0.15, -0.1) is 5.11 Å². The topological polar surface area (TPSA) is 53.8 Å². The Morgan fingerprint density at radius 3 is 2.12 bits per heavy atom. The number of hydrogen-bond acceptors (Lipinski definition) is 3. The van der Waals surface area contributed by atoms with E-state index in [0.29, 0.717) is 5.69 Å². The lowest BCUT2D eigenvalue weighted by molar-refractivity contribution is -0.114. The smallest absolute Gasteiger partial charge is 0.221 e. The van der Waals surface area contributed by atoms with Crippen molar-refractivity contribution in [2.45, 2.75) is 6.92 Å². The van der Waals surface area contributed by atoms with Crippen LogP contribution in [0.25, 0.3) is 11.1 Å². The Bertz CT molecular complexity index is 859. The molecule has 3 aromatic carbocycles. The van der Waals surface area contributed by atoms with Crippen molar-refractivity contribution >= 4 is 23.0 Å². The van der Waals surface area contributed by atoms with Gasteiger partial charge in [0.15, 0.2) is 0 Å². The molecule has 0 unspecified atom stereocenters. The van der Waals surface area contributed by atoms with E-state index < -0.39 is 0 Å². The maximum absolute atomic E-state index is 11.5. The van der Waals surface area contributed by atoms with E-state index in [9.17, 15) is 4.79 Å². The van der Waals surface area contributed by atoms with E-state index in [2.05, 4.69) is 15.5 Å². The molecule has 4 heteroatoms. The number of hydrogen-bond donors (Lipinski definition) is 1. The van der Waals surface area contributed by atoms with E-state index in [1.165, 1.54) is 6.92 Å². The maximum Gasteiger partial charge on any atom is 0.221 e. The third kappa shape index (κ3) is 3.73. The van der Waals surface area contributed by atoms with E-state index >= 15 is 0 Å². The minimum Gasteiger partial charge on any atom is -0.326 e. The second-order valence-corrected chi connectivity index (χ2v) is 5.28. The largest absolute Gasteiger partial charge is 0.326 e. The highest BCUT2D eigenvalue weighted by molar-refractivity contribution is 5.97. The van der Waals surface area contributed by atoms with Crippen molar-refractivity contribution in [3.05, 3.63) is 78.9 Å². The van der Waals surface area contributed by atoms with Gasteiger partial charge in [-0.25, -0.2) is 0 Å². The molecule has 0 aromatic heterocycles. The molecule has 0 saturated carbocycles. The standard InChI is InChI=1S/C20H17N3O/c1-15(24)21-18-13-8-14-19(20(18)16-9-4-2-5-10-16)23-22-17-11-6-3-7-12-17/h2-14H,1H3,(H,21,24). The van der Waals surface area contributed by atoms with Crippen LogP contribution < -0.4 is 5.32 Å². The Morgan fingerprint density at radius 2 is 1.46 bits per heavy atom. The lowest BCUT2D eigenvalue weighted by atomic mass is 10.0. The third-order valence-corrected chi connectivity index (χ3v) is 3.45. The maximum atomic E-state index is 11.5. The number of nitrogens with zero attached hydrogens (tertiary/aromatic N) is 2. The summed E-state index contributed by atoms with van der Waals surface area (Å²) >= 11 is 0. The molecular formula is C20H17N3O. The molecule has 118 valence electrons. The number of amides is 1. The van der Waals surface area contributed by atoms with Crippen LogP contribution in [-0.2, 0) is 4.79 Å². The molecule has 3 rings (SSSR count). The summed E-state index contributed by atoms with van der Waals surface area (Å²) in [6, 6.07) is 25.0. The van der Waals surface area contributed by atoms with Crippen LogP contribution in [0.2, 0.25) is 0 Å². The highest BCUT2D eigenvalue weighted by Gasteiger charge is 2.11. The third-order valence-electron chi connectivity index (χ3n) is 3.45. The van der Waals surface area contributed by atoms with Crippen LogP contribution in [-0.4, -0.2) is 5.91 Å². The van der Waals surface area contributed by atoms with Crippen molar-refractivity contribution < 1.29 is 4.79 Å². The molecule has 24 heavy (non-hydrogen) atoms. The quantitative estimate of drug-likeness (QED) is 0.614. The molecule has 0 bridgehead atoms. The first-order valence-corrected chi connectivity index (χ1v) is 7.67. The SMILES string of the molecule is CC(=O)Nc1cccc(N=Nc2ccccc2)c1-c1ccccc1. The molecule has 0 aliphatic heterocycles. The molecule has 1 N–H and O–H groups in total. The van der Waals surface area contributed by atoms with Gasteiger partial charge in [0.05, 0.1) is 17.1 Å². The molecule has 3 aromatic rings. The molecule has 4 nitrogen and oxygen atoms in total. The number of carbonyl (C=O) groups excluding carboxylic acids is 1. The first-order valence-electron chi connectivity index (χ1n) is 7.67. The summed E-state index contributed by atoms with van der Waals surface area (Å²) in [4.78, 5) is 11.5. The Hall–Kier alpha value is -3.27. The molecular weight excluding hydrogens is 298 g/mol. The number of rotatable bonds is 4. The molecule has 0 spiro atoms. The lowest BCUT2D eigenvalue weighted by Gasteiger charge is -2.12. The predicted molar refractivity (Wildman–Crippen MR) is 96.8 cm³/mol. The zero-order valence-corrected chi connectivity index (χ0v) is 13.3. The highest BCUT2D eigenvalue weighted by atomic mass is 16.1. The molecule has 0 aliphatic carbocycles. The van der Waals surface area contributed by atoms with Crippen LogP contribution in [0.1, 0.15) is 6.92 Å². The van der Waals surface area contributed by atoms with E-state index in [4.69, 9.17) is 0 Å². The van der Waals surface area contributed by atoms with Crippen LogP contribution in [0.15, 0.2) is 89.1 Å². The van der Waals surface area contributed by atoms with Crippen molar-refractivity contribution in [2.24, 2.45) is 10.2 Å². The van der Waals surface area contributed by atoms with E-state index in [-0.39, 0.29) is 5.91 Å². The van der Waals surface area contributed by atoms with Gasteiger partial charge in [0.25, 0.3) is 0 Å². The fraction of sp³-hybridized carbons (Fsp3) is 0.0500. The highest BCUT2D eigenvalue weighted by Crippen LogP contribution is 2.37. The second-order valence-electron chi connectivity index (χ2n) is 5.28. The van der Waals surface area contributed by atoms with Crippen LogP contribution in [0.5, 0.6) is 0 Å². The van der Waals surface area contributed by atoms with E-state index in [1.807, 2.05) is 78.9 Å². The van der Waals surface area contributed by atoms with Gasteiger partial charge in [-0.1, -0.05) is 54.6 Å². The Morgan fingerprint density at radius 1 is 0.792 bits per heavy atom. The van der Waals surface area contributed by atoms with Crippen LogP contribution in [0, 0.1) is 0 Å². The summed E-state index contributed by atoms with van der Waals surface area (Å²) in [5.41, 5.74) is 4.03. The molecule has 0 aliphatic rings. The van der Waals surface area contributed by atoms with Crippen LogP contribution in [0.3, 0.4) is 0 Å². The van der Waals surface area contributed by atoms with Gasteiger partial charge in [-0.3, -0.25) is 4.79 Å². The van der Waals surface area contributed by atoms with Gasteiger partial charge in [-0.05, 0) is 29.8 Å². The average Bonchev–Trinajstić information content (AvgIpc) is 2.61. The first-order chi connectivity index (χ1) is 11.7. The summed E-state index contributed by atoms with van der Waals surface area (Å²) in [5, 5.41) is 11.6. The number of benzene rings is 3. The molecule has 0 fully saturated rings. The van der Waals surface area contributed by atoms with Gasteiger partial charge in [0.1, 0.15) is 0 Å². The fourth-order valence-electron chi connectivity index (χ4n) is 2.43. The number of anilines is 1. The summed E-state index contributed by atoms with van der Waals surface area (Å²) in [6.07, 6.45) is 0. The summed E-state index contributed by atoms with van der Waals surface area (Å²) in [6.45, 7) is 1.49. The Kier molecular flexibility index (Phi) is 4.77. The predicted octanol–water partition coefficient (Wildman–Crippen LogP) is 5.73. The Balaban J connectivity index is 2.08. The van der Waals surface area contributed by atoms with E-state index in [0.717, 1.165) is 22.5 Å². The van der Waals surface area contributed by atoms with Crippen molar-refractivity contribution in [3.8, 4) is 11.1 Å². The van der Waals surface area contributed by atoms with Crippen LogP contribution >= 0.6 is 0 Å². The lowest BCUT2D eigenvalue weighted by Crippen LogP contribution is -2.06. The van der Waals surface area contributed by atoms with Gasteiger partial charge in [0, 0.05) is 12.5 Å². The summed E-state index contributed by atoms with van der Waals surface area (Å²) in [7, 11) is 0. The normalized spacial score (nSPS) is 10.7. The van der Waals surface area contributed by atoms with Gasteiger partial charge in [0.2, 0.25) is 5.91 Å². The molecule has 0 atom stereocenters. The number of azo groups is 1. The average molecular weight is 315 g/mol. The van der Waals surface area contributed by atoms with Crippen molar-refractivity contribution in [2.75, 3.05) is 5.32 Å². The van der Waals surface area contributed by atoms with Crippen LogP contribution in [0.4, 0.5) is 17.1 Å². The summed E-state index contributed by atoms with van der Waals surface area (Å²) < 4.78 is 0. The molecule has 0 radical (unpaired) electrons.